The molecule has 108 valence electrons. The summed E-state index contributed by atoms with van der Waals surface area (Å²) in [6.45, 7) is 6.28. The molecule has 0 amide bonds. The maximum atomic E-state index is 12.2. The summed E-state index contributed by atoms with van der Waals surface area (Å²) >= 11 is 2.05. The Hall–Kier alpha value is 0.460. The molecule has 6 heteroatoms. The van der Waals surface area contributed by atoms with Crippen molar-refractivity contribution in [2.75, 3.05) is 38.2 Å². The molecule has 0 aliphatic carbocycles. The Morgan fingerprint density at radius 1 is 1.28 bits per heavy atom. The van der Waals surface area contributed by atoms with E-state index in [9.17, 15) is 4.57 Å². The number of thioether (sulfide) groups is 1. The van der Waals surface area contributed by atoms with Crippen LogP contribution in [0.1, 0.15) is 33.1 Å². The Kier molecular flexibility index (Phi) is 8.60. The Labute approximate surface area is 115 Å². The van der Waals surface area contributed by atoms with Crippen LogP contribution in [0.3, 0.4) is 0 Å². The summed E-state index contributed by atoms with van der Waals surface area (Å²) in [5.74, 6) is 1.28. The SMILES string of the molecule is CCOP(=O)(CCNCC1CCCCS1)OCC. The van der Waals surface area contributed by atoms with Crippen LogP contribution in [0.5, 0.6) is 0 Å². The van der Waals surface area contributed by atoms with Gasteiger partial charge in [-0.3, -0.25) is 4.57 Å². The van der Waals surface area contributed by atoms with Crippen molar-refractivity contribution in [1.29, 1.82) is 0 Å². The Morgan fingerprint density at radius 2 is 2.00 bits per heavy atom. The van der Waals surface area contributed by atoms with E-state index in [2.05, 4.69) is 5.32 Å². The summed E-state index contributed by atoms with van der Waals surface area (Å²) in [4.78, 5) is 0. The van der Waals surface area contributed by atoms with Gasteiger partial charge < -0.3 is 14.4 Å². The minimum Gasteiger partial charge on any atom is -0.315 e. The van der Waals surface area contributed by atoms with Crippen LogP contribution in [-0.4, -0.2) is 43.5 Å². The van der Waals surface area contributed by atoms with Crippen molar-refractivity contribution in [3.8, 4) is 0 Å². The molecule has 0 aromatic carbocycles. The zero-order chi connectivity index (χ0) is 13.3. The maximum Gasteiger partial charge on any atom is 0.331 e. The topological polar surface area (TPSA) is 47.6 Å². The lowest BCUT2D eigenvalue weighted by Gasteiger charge is -2.22. The maximum absolute atomic E-state index is 12.2. The summed E-state index contributed by atoms with van der Waals surface area (Å²) in [5.41, 5.74) is 0. The number of hydrogen-bond donors (Lipinski definition) is 1. The van der Waals surface area contributed by atoms with Gasteiger partial charge in [-0.1, -0.05) is 6.42 Å². The lowest BCUT2D eigenvalue weighted by atomic mass is 10.2. The zero-order valence-corrected chi connectivity index (χ0v) is 13.2. The fourth-order valence-corrected chi connectivity index (χ4v) is 4.83. The third-order valence-electron chi connectivity index (χ3n) is 2.86. The van der Waals surface area contributed by atoms with Gasteiger partial charge in [0.05, 0.1) is 19.4 Å². The number of rotatable bonds is 9. The molecule has 1 atom stereocenters. The van der Waals surface area contributed by atoms with Crippen molar-refractivity contribution < 1.29 is 13.6 Å². The van der Waals surface area contributed by atoms with Crippen LogP contribution in [0.15, 0.2) is 0 Å². The van der Waals surface area contributed by atoms with Crippen LogP contribution in [0.2, 0.25) is 0 Å². The van der Waals surface area contributed by atoms with Crippen molar-refractivity contribution >= 4 is 19.4 Å². The first-order valence-corrected chi connectivity index (χ1v) is 9.68. The predicted octanol–water partition coefficient (Wildman–Crippen LogP) is 3.13. The van der Waals surface area contributed by atoms with E-state index < -0.39 is 7.60 Å². The van der Waals surface area contributed by atoms with Crippen molar-refractivity contribution in [3.63, 3.8) is 0 Å². The second kappa shape index (κ2) is 9.38. The molecule has 0 aromatic rings. The van der Waals surface area contributed by atoms with E-state index in [0.717, 1.165) is 11.8 Å². The average Bonchev–Trinajstić information content (AvgIpc) is 2.37. The Morgan fingerprint density at radius 3 is 2.56 bits per heavy atom. The number of nitrogens with one attached hydrogen (secondary N) is 1. The third-order valence-corrected chi connectivity index (χ3v) is 6.33. The number of hydrogen-bond acceptors (Lipinski definition) is 5. The Bertz CT molecular complexity index is 250. The molecule has 1 rings (SSSR count). The molecule has 4 nitrogen and oxygen atoms in total. The zero-order valence-electron chi connectivity index (χ0n) is 11.5. The second-order valence-electron chi connectivity index (χ2n) is 4.36. The van der Waals surface area contributed by atoms with Gasteiger partial charge in [0.2, 0.25) is 0 Å². The van der Waals surface area contributed by atoms with Gasteiger partial charge in [0.25, 0.3) is 0 Å². The van der Waals surface area contributed by atoms with Gasteiger partial charge in [-0.05, 0) is 32.4 Å². The molecule has 1 N–H and O–H groups in total. The highest BCUT2D eigenvalue weighted by molar-refractivity contribution is 7.99. The summed E-state index contributed by atoms with van der Waals surface area (Å²) in [6, 6.07) is 0. The molecule has 1 aliphatic rings. The summed E-state index contributed by atoms with van der Waals surface area (Å²) in [7, 11) is -2.86. The first kappa shape index (κ1) is 16.5. The lowest BCUT2D eigenvalue weighted by molar-refractivity contribution is 0.220. The van der Waals surface area contributed by atoms with Gasteiger partial charge in [-0.25, -0.2) is 0 Å². The smallest absolute Gasteiger partial charge is 0.315 e. The first-order chi connectivity index (χ1) is 8.70. The van der Waals surface area contributed by atoms with Crippen molar-refractivity contribution in [3.05, 3.63) is 0 Å². The molecule has 1 fully saturated rings. The average molecular weight is 295 g/mol. The van der Waals surface area contributed by atoms with Crippen molar-refractivity contribution in [2.24, 2.45) is 0 Å². The van der Waals surface area contributed by atoms with E-state index in [1.807, 2.05) is 25.6 Å². The highest BCUT2D eigenvalue weighted by Crippen LogP contribution is 2.47. The van der Waals surface area contributed by atoms with Crippen LogP contribution < -0.4 is 5.32 Å². The third kappa shape index (κ3) is 6.58. The normalized spacial score (nSPS) is 21.1. The highest BCUT2D eigenvalue weighted by atomic mass is 32.2. The van der Waals surface area contributed by atoms with Gasteiger partial charge in [0.1, 0.15) is 0 Å². The molecule has 1 heterocycles. The molecule has 0 aromatic heterocycles. The van der Waals surface area contributed by atoms with Gasteiger partial charge in [0, 0.05) is 18.3 Å². The lowest BCUT2D eigenvalue weighted by Crippen LogP contribution is -2.29. The van der Waals surface area contributed by atoms with Crippen molar-refractivity contribution in [1.82, 2.24) is 5.32 Å². The molecular formula is C12H26NO3PS. The molecule has 0 spiro atoms. The molecule has 18 heavy (non-hydrogen) atoms. The largest absolute Gasteiger partial charge is 0.331 e. The fourth-order valence-electron chi connectivity index (χ4n) is 2.01. The van der Waals surface area contributed by atoms with Crippen molar-refractivity contribution in [2.45, 2.75) is 38.4 Å². The van der Waals surface area contributed by atoms with Crippen LogP contribution >= 0.6 is 19.4 Å². The van der Waals surface area contributed by atoms with E-state index in [-0.39, 0.29) is 0 Å². The molecule has 0 radical (unpaired) electrons. The van der Waals surface area contributed by atoms with Gasteiger partial charge in [-0.15, -0.1) is 0 Å². The molecule has 0 saturated carbocycles. The molecule has 1 aliphatic heterocycles. The monoisotopic (exact) mass is 295 g/mol. The van der Waals surface area contributed by atoms with Crippen LogP contribution in [0.4, 0.5) is 0 Å². The summed E-state index contributed by atoms with van der Waals surface area (Å²) in [5, 5.41) is 4.09. The van der Waals surface area contributed by atoms with E-state index in [1.165, 1.54) is 25.0 Å². The van der Waals surface area contributed by atoms with E-state index >= 15 is 0 Å². The van der Waals surface area contributed by atoms with E-state index in [4.69, 9.17) is 9.05 Å². The van der Waals surface area contributed by atoms with Crippen LogP contribution in [0.25, 0.3) is 0 Å². The van der Waals surface area contributed by atoms with Gasteiger partial charge in [-0.2, -0.15) is 11.8 Å². The van der Waals surface area contributed by atoms with Crippen LogP contribution in [-0.2, 0) is 13.6 Å². The summed E-state index contributed by atoms with van der Waals surface area (Å²) < 4.78 is 22.7. The Balaban J connectivity index is 2.15. The quantitative estimate of drug-likeness (QED) is 0.523. The van der Waals surface area contributed by atoms with Gasteiger partial charge >= 0.3 is 7.60 Å². The minimum absolute atomic E-state index is 0.440. The molecular weight excluding hydrogens is 269 g/mol. The minimum atomic E-state index is -2.86. The van der Waals surface area contributed by atoms with E-state index in [1.54, 1.807) is 0 Å². The second-order valence-corrected chi connectivity index (χ2v) is 7.96. The molecule has 1 unspecified atom stereocenters. The summed E-state index contributed by atoms with van der Waals surface area (Å²) in [6.07, 6.45) is 4.46. The fraction of sp³-hybridized carbons (Fsp3) is 1.00. The van der Waals surface area contributed by atoms with Gasteiger partial charge in [0.15, 0.2) is 0 Å². The van der Waals surface area contributed by atoms with E-state index in [0.29, 0.717) is 25.9 Å². The van der Waals surface area contributed by atoms with Crippen LogP contribution in [0, 0.1) is 0 Å². The molecule has 1 saturated heterocycles. The standard InChI is InChI=1S/C12H26NO3PS/c1-3-15-17(14,16-4-2)9-8-13-11-12-7-5-6-10-18-12/h12-13H,3-11H2,1-2H3. The highest BCUT2D eigenvalue weighted by Gasteiger charge is 2.22. The predicted molar refractivity (Wildman–Crippen MR) is 78.7 cm³/mol. The molecule has 0 bridgehead atoms. The first-order valence-electron chi connectivity index (χ1n) is 6.90.